The van der Waals surface area contributed by atoms with Crippen molar-refractivity contribution in [2.24, 2.45) is 0 Å². The molecule has 0 N–H and O–H groups in total. The van der Waals surface area contributed by atoms with Crippen molar-refractivity contribution in [3.63, 3.8) is 0 Å². The van der Waals surface area contributed by atoms with Crippen LogP contribution in [0.5, 0.6) is 11.5 Å². The molecule has 0 saturated carbocycles. The van der Waals surface area contributed by atoms with Gasteiger partial charge in [-0.1, -0.05) is 41.7 Å². The third-order valence-electron chi connectivity index (χ3n) is 5.64. The number of fused-ring (bicyclic) bond motifs is 1. The number of aromatic nitrogens is 3. The van der Waals surface area contributed by atoms with Crippen molar-refractivity contribution >= 4 is 26.3 Å². The summed E-state index contributed by atoms with van der Waals surface area (Å²) < 4.78 is 40.0. The fourth-order valence-corrected chi connectivity index (χ4v) is 5.88. The van der Waals surface area contributed by atoms with E-state index in [2.05, 4.69) is 40.7 Å². The summed E-state index contributed by atoms with van der Waals surface area (Å²) in [5.41, 5.74) is 1.90. The van der Waals surface area contributed by atoms with Gasteiger partial charge in [0.25, 0.3) is 0 Å². The van der Waals surface area contributed by atoms with Crippen molar-refractivity contribution in [2.45, 2.75) is 30.6 Å². The van der Waals surface area contributed by atoms with Gasteiger partial charge in [-0.05, 0) is 36.5 Å². The molecule has 0 unspecified atom stereocenters. The number of methoxy groups -OCH3 is 2. The highest BCUT2D eigenvalue weighted by atomic mass is 32.2. The Morgan fingerprint density at radius 1 is 1.00 bits per heavy atom. The second-order valence-electron chi connectivity index (χ2n) is 8.08. The Labute approximate surface area is 203 Å². The lowest BCUT2D eigenvalue weighted by Crippen LogP contribution is -2.23. The Balaban J connectivity index is 1.62. The number of hydrogen-bond donors (Lipinski definition) is 0. The molecule has 0 aliphatic rings. The second kappa shape index (κ2) is 10.1. The van der Waals surface area contributed by atoms with Crippen LogP contribution in [0, 0.1) is 0 Å². The summed E-state index contributed by atoms with van der Waals surface area (Å²) in [6.45, 7) is 0. The van der Waals surface area contributed by atoms with Crippen LogP contribution in [0.1, 0.15) is 28.2 Å². The van der Waals surface area contributed by atoms with Crippen LogP contribution < -0.4 is 9.47 Å². The van der Waals surface area contributed by atoms with Crippen LogP contribution in [0.4, 0.5) is 0 Å². The number of rotatable bonds is 10. The number of aryl methyl sites for hydroxylation is 2. The van der Waals surface area contributed by atoms with Crippen molar-refractivity contribution in [3.05, 3.63) is 70.5 Å². The van der Waals surface area contributed by atoms with E-state index in [4.69, 9.17) is 9.47 Å². The van der Waals surface area contributed by atoms with Gasteiger partial charge in [-0.15, -0.1) is 10.2 Å². The van der Waals surface area contributed by atoms with E-state index in [9.17, 15) is 8.42 Å². The Hall–Kier alpha value is -2.95. The van der Waals surface area contributed by atoms with E-state index in [1.54, 1.807) is 17.4 Å². The smallest absolute Gasteiger partial charge is 0.242 e. The molecule has 0 saturated heterocycles. The normalized spacial score (nSPS) is 11.9. The second-order valence-corrected chi connectivity index (χ2v) is 11.3. The predicted octanol–water partition coefficient (Wildman–Crippen LogP) is 3.82. The standard InChI is InChI=1S/C24H28N4O4S2/c1-27(2)34(29,30)22-15-21(32-4)20(31-3)13-18(22)14-23-25-26-24-28(23)16-19(33-24)12-8-11-17-9-6-5-7-10-17/h5-7,9-10,13,15-16H,8,11-12,14H2,1-4H3. The molecule has 0 radical (unpaired) electrons. The zero-order valence-corrected chi connectivity index (χ0v) is 21.3. The van der Waals surface area contributed by atoms with Gasteiger partial charge < -0.3 is 9.47 Å². The van der Waals surface area contributed by atoms with E-state index in [0.717, 1.165) is 24.2 Å². The molecule has 0 atom stereocenters. The van der Waals surface area contributed by atoms with Gasteiger partial charge in [-0.3, -0.25) is 4.40 Å². The predicted molar refractivity (Wildman–Crippen MR) is 133 cm³/mol. The number of ether oxygens (including phenoxy) is 2. The van der Waals surface area contributed by atoms with Crippen LogP contribution in [-0.2, 0) is 29.3 Å². The molecule has 0 fully saturated rings. The van der Waals surface area contributed by atoms with Crippen molar-refractivity contribution in [1.29, 1.82) is 0 Å². The summed E-state index contributed by atoms with van der Waals surface area (Å²) in [5, 5.41) is 8.65. The molecule has 8 nitrogen and oxygen atoms in total. The fraction of sp³-hybridized carbons (Fsp3) is 0.333. The molecule has 180 valence electrons. The topological polar surface area (TPSA) is 86.0 Å². The van der Waals surface area contributed by atoms with E-state index in [1.165, 1.54) is 49.1 Å². The summed E-state index contributed by atoms with van der Waals surface area (Å²) >= 11 is 1.61. The average Bonchev–Trinajstić information content (AvgIpc) is 3.40. The van der Waals surface area contributed by atoms with Crippen molar-refractivity contribution in [2.75, 3.05) is 28.3 Å². The van der Waals surface area contributed by atoms with Gasteiger partial charge in [0, 0.05) is 37.7 Å². The summed E-state index contributed by atoms with van der Waals surface area (Å²) in [4.78, 5) is 2.17. The monoisotopic (exact) mass is 500 g/mol. The van der Waals surface area contributed by atoms with Gasteiger partial charge in [0.05, 0.1) is 19.1 Å². The molecule has 2 aromatic heterocycles. The van der Waals surface area contributed by atoms with Crippen molar-refractivity contribution in [3.8, 4) is 11.5 Å². The lowest BCUT2D eigenvalue weighted by atomic mass is 10.1. The first-order valence-electron chi connectivity index (χ1n) is 10.9. The van der Waals surface area contributed by atoms with Gasteiger partial charge >= 0.3 is 0 Å². The molecule has 0 spiro atoms. The Bertz CT molecular complexity index is 1380. The Morgan fingerprint density at radius 3 is 2.38 bits per heavy atom. The Kier molecular flexibility index (Phi) is 7.20. The van der Waals surface area contributed by atoms with E-state index in [0.29, 0.717) is 22.9 Å². The molecule has 34 heavy (non-hydrogen) atoms. The molecule has 0 amide bonds. The first-order valence-corrected chi connectivity index (χ1v) is 13.1. The number of sulfonamides is 1. The lowest BCUT2D eigenvalue weighted by molar-refractivity contribution is 0.353. The maximum atomic E-state index is 13.0. The minimum Gasteiger partial charge on any atom is -0.493 e. The zero-order valence-electron chi connectivity index (χ0n) is 19.7. The highest BCUT2D eigenvalue weighted by molar-refractivity contribution is 7.89. The third kappa shape index (κ3) is 4.94. The highest BCUT2D eigenvalue weighted by Gasteiger charge is 2.25. The molecular weight excluding hydrogens is 472 g/mol. The first kappa shape index (κ1) is 24.2. The van der Waals surface area contributed by atoms with Gasteiger partial charge in [-0.2, -0.15) is 0 Å². The van der Waals surface area contributed by atoms with Gasteiger partial charge in [0.1, 0.15) is 5.82 Å². The third-order valence-corrected chi connectivity index (χ3v) is 8.57. The molecule has 4 aromatic rings. The number of nitrogens with zero attached hydrogens (tertiary/aromatic N) is 4. The SMILES string of the molecule is COc1cc(Cc2nnc3sc(CCCc4ccccc4)cn23)c(S(=O)(=O)N(C)C)cc1OC. The van der Waals surface area contributed by atoms with Gasteiger partial charge in [0.15, 0.2) is 11.5 Å². The minimum absolute atomic E-state index is 0.158. The quantitative estimate of drug-likeness (QED) is 0.329. The molecule has 10 heteroatoms. The molecule has 2 aromatic carbocycles. The number of benzene rings is 2. The first-order chi connectivity index (χ1) is 16.3. The van der Waals surface area contributed by atoms with Gasteiger partial charge in [0.2, 0.25) is 15.0 Å². The van der Waals surface area contributed by atoms with Crippen LogP contribution in [0.15, 0.2) is 53.6 Å². The van der Waals surface area contributed by atoms with Crippen LogP contribution in [-0.4, -0.2) is 55.6 Å². The van der Waals surface area contributed by atoms with E-state index < -0.39 is 10.0 Å². The molecular formula is C24H28N4O4S2. The van der Waals surface area contributed by atoms with Crippen molar-refractivity contribution in [1.82, 2.24) is 18.9 Å². The summed E-state index contributed by atoms with van der Waals surface area (Å²) in [6, 6.07) is 13.6. The van der Waals surface area contributed by atoms with Crippen LogP contribution in [0.25, 0.3) is 4.96 Å². The van der Waals surface area contributed by atoms with Crippen LogP contribution in [0.3, 0.4) is 0 Å². The molecule has 4 rings (SSSR count). The van der Waals surface area contributed by atoms with Gasteiger partial charge in [-0.25, -0.2) is 12.7 Å². The lowest BCUT2D eigenvalue weighted by Gasteiger charge is -2.17. The van der Waals surface area contributed by atoms with Crippen LogP contribution >= 0.6 is 11.3 Å². The summed E-state index contributed by atoms with van der Waals surface area (Å²) in [7, 11) is 2.31. The Morgan fingerprint density at radius 2 is 1.71 bits per heavy atom. The molecule has 0 aliphatic carbocycles. The van der Waals surface area contributed by atoms with Crippen LogP contribution in [0.2, 0.25) is 0 Å². The molecule has 0 aliphatic heterocycles. The van der Waals surface area contributed by atoms with E-state index in [1.807, 2.05) is 10.5 Å². The number of thiazole rings is 1. The largest absolute Gasteiger partial charge is 0.493 e. The van der Waals surface area contributed by atoms with E-state index in [-0.39, 0.29) is 11.3 Å². The molecule has 0 bridgehead atoms. The maximum Gasteiger partial charge on any atom is 0.242 e. The van der Waals surface area contributed by atoms with Crippen molar-refractivity contribution < 1.29 is 17.9 Å². The number of hydrogen-bond acceptors (Lipinski definition) is 7. The molecule has 2 heterocycles. The highest BCUT2D eigenvalue weighted by Crippen LogP contribution is 2.35. The fourth-order valence-electron chi connectivity index (χ4n) is 3.79. The average molecular weight is 501 g/mol. The zero-order chi connectivity index (χ0) is 24.3. The minimum atomic E-state index is -3.71. The van der Waals surface area contributed by atoms with E-state index >= 15 is 0 Å². The summed E-state index contributed by atoms with van der Waals surface area (Å²) in [6.07, 6.45) is 5.34. The summed E-state index contributed by atoms with van der Waals surface area (Å²) in [5.74, 6) is 1.49. The maximum absolute atomic E-state index is 13.0.